The molecule has 0 aliphatic carbocycles. The Morgan fingerprint density at radius 3 is 2.50 bits per heavy atom. The Morgan fingerprint density at radius 1 is 1.44 bits per heavy atom. The molecule has 0 N–H and O–H groups in total. The average molecular weight is 307 g/mol. The van der Waals surface area contributed by atoms with Gasteiger partial charge in [0, 0.05) is 27.9 Å². The molecule has 0 bridgehead atoms. The Morgan fingerprint density at radius 2 is 2.06 bits per heavy atom. The second kappa shape index (κ2) is 5.33. The predicted octanol–water partition coefficient (Wildman–Crippen LogP) is 2.26. The van der Waals surface area contributed by atoms with E-state index >= 15 is 0 Å². The quantitative estimate of drug-likeness (QED) is 0.618. The first-order valence-electron chi connectivity index (χ1n) is 5.31. The molecule has 0 spiro atoms. The highest BCUT2D eigenvalue weighted by molar-refractivity contribution is 9.10. The minimum atomic E-state index is -1.03. The number of ether oxygens (including phenoxy) is 1. The van der Waals surface area contributed by atoms with Crippen LogP contribution in [0.1, 0.15) is 0 Å². The molecule has 0 saturated carbocycles. The number of halogens is 1. The van der Waals surface area contributed by atoms with Gasteiger partial charge in [0.2, 0.25) is 0 Å². The Kier molecular flexibility index (Phi) is 4.58. The molecule has 0 aromatic carbocycles. The largest absolute Gasteiger partial charge is 0.360 e. The molecule has 1 heterocycles. The third-order valence-electron chi connectivity index (χ3n) is 2.37. The van der Waals surface area contributed by atoms with E-state index in [4.69, 9.17) is 4.74 Å². The number of aromatic nitrogens is 2. The summed E-state index contributed by atoms with van der Waals surface area (Å²) >= 11 is 3.20. The van der Waals surface area contributed by atoms with E-state index in [1.165, 1.54) is 0 Å². The zero-order valence-electron chi connectivity index (χ0n) is 10.3. The van der Waals surface area contributed by atoms with Crippen molar-refractivity contribution in [3.05, 3.63) is 21.0 Å². The summed E-state index contributed by atoms with van der Waals surface area (Å²) in [6.07, 6.45) is 1.75. The predicted molar refractivity (Wildman–Crippen MR) is 71.5 cm³/mol. The van der Waals surface area contributed by atoms with E-state index in [0.29, 0.717) is 11.2 Å². The standard InChI is InChI=1S/C10H19BrN2O2Si/c1-12-10(14)9(11)7-13(12)8-15-5-6-16(2,3)4/h7H,5-6,8H2,1-4H3. The fourth-order valence-electron chi connectivity index (χ4n) is 1.20. The van der Waals surface area contributed by atoms with Crippen molar-refractivity contribution in [3.8, 4) is 0 Å². The van der Waals surface area contributed by atoms with E-state index in [1.807, 2.05) is 0 Å². The molecule has 6 heteroatoms. The van der Waals surface area contributed by atoms with Gasteiger partial charge >= 0.3 is 0 Å². The second-order valence-corrected chi connectivity index (χ2v) is 11.6. The van der Waals surface area contributed by atoms with Crippen LogP contribution in [0.5, 0.6) is 0 Å². The highest BCUT2D eigenvalue weighted by atomic mass is 79.9. The molecule has 0 fully saturated rings. The SMILES string of the molecule is Cn1c(=O)c(Br)cn1COCC[Si](C)(C)C. The molecule has 16 heavy (non-hydrogen) atoms. The zero-order chi connectivity index (χ0) is 12.3. The Hall–Kier alpha value is -0.333. The van der Waals surface area contributed by atoms with Gasteiger partial charge in [0.05, 0.1) is 0 Å². The maximum atomic E-state index is 11.4. The van der Waals surface area contributed by atoms with Crippen LogP contribution in [0.25, 0.3) is 0 Å². The molecule has 4 nitrogen and oxygen atoms in total. The minimum absolute atomic E-state index is 0.0335. The smallest absolute Gasteiger partial charge is 0.280 e. The molecule has 0 aliphatic heterocycles. The molecule has 92 valence electrons. The Balaban J connectivity index is 2.44. The van der Waals surface area contributed by atoms with Gasteiger partial charge in [-0.2, -0.15) is 0 Å². The van der Waals surface area contributed by atoms with Crippen molar-refractivity contribution in [2.24, 2.45) is 7.05 Å². The van der Waals surface area contributed by atoms with Gasteiger partial charge in [-0.15, -0.1) is 0 Å². The van der Waals surface area contributed by atoms with Crippen molar-refractivity contribution < 1.29 is 4.74 Å². The summed E-state index contributed by atoms with van der Waals surface area (Å²) < 4.78 is 9.44. The van der Waals surface area contributed by atoms with E-state index in [0.717, 1.165) is 12.7 Å². The zero-order valence-corrected chi connectivity index (χ0v) is 12.9. The van der Waals surface area contributed by atoms with Gasteiger partial charge in [-0.25, -0.2) is 0 Å². The van der Waals surface area contributed by atoms with Crippen LogP contribution in [-0.2, 0) is 18.5 Å². The minimum Gasteiger partial charge on any atom is -0.360 e. The average Bonchev–Trinajstić information content (AvgIpc) is 2.40. The van der Waals surface area contributed by atoms with Crippen molar-refractivity contribution in [2.45, 2.75) is 32.4 Å². The second-order valence-electron chi connectivity index (χ2n) is 5.09. The van der Waals surface area contributed by atoms with Crippen molar-refractivity contribution in [2.75, 3.05) is 6.61 Å². The highest BCUT2D eigenvalue weighted by Gasteiger charge is 2.12. The lowest BCUT2D eigenvalue weighted by atomic mass is 10.7. The molecule has 0 unspecified atom stereocenters. The molecule has 0 radical (unpaired) electrons. The maximum Gasteiger partial charge on any atom is 0.280 e. The van der Waals surface area contributed by atoms with Gasteiger partial charge in [-0.3, -0.25) is 14.2 Å². The third-order valence-corrected chi connectivity index (χ3v) is 4.61. The lowest BCUT2D eigenvalue weighted by molar-refractivity contribution is 0.0702. The summed E-state index contributed by atoms with van der Waals surface area (Å²) in [5, 5.41) is 0. The van der Waals surface area contributed by atoms with Crippen molar-refractivity contribution in [3.63, 3.8) is 0 Å². The van der Waals surface area contributed by atoms with Gasteiger partial charge in [0.25, 0.3) is 5.56 Å². The molecular formula is C10H19BrN2O2Si. The van der Waals surface area contributed by atoms with E-state index < -0.39 is 8.07 Å². The Bertz CT molecular complexity index is 406. The summed E-state index contributed by atoms with van der Waals surface area (Å²) in [5.74, 6) is 0. The van der Waals surface area contributed by atoms with Crippen molar-refractivity contribution in [1.82, 2.24) is 9.36 Å². The van der Waals surface area contributed by atoms with E-state index in [2.05, 4.69) is 35.6 Å². The number of rotatable bonds is 5. The third kappa shape index (κ3) is 3.91. The molecule has 0 aliphatic rings. The van der Waals surface area contributed by atoms with Crippen molar-refractivity contribution in [1.29, 1.82) is 0 Å². The summed E-state index contributed by atoms with van der Waals surface area (Å²) in [6.45, 7) is 8.15. The van der Waals surface area contributed by atoms with Crippen LogP contribution < -0.4 is 5.56 Å². The van der Waals surface area contributed by atoms with Gasteiger partial charge in [-0.1, -0.05) is 19.6 Å². The Labute approximate surface area is 105 Å². The molecule has 0 amide bonds. The number of hydrogen-bond donors (Lipinski definition) is 0. The van der Waals surface area contributed by atoms with E-state index in [9.17, 15) is 4.79 Å². The lowest BCUT2D eigenvalue weighted by Gasteiger charge is -2.15. The van der Waals surface area contributed by atoms with Crippen LogP contribution in [0.2, 0.25) is 25.7 Å². The van der Waals surface area contributed by atoms with Crippen molar-refractivity contribution >= 4 is 24.0 Å². The molecule has 0 atom stereocenters. The van der Waals surface area contributed by atoms with Gasteiger partial charge in [0.1, 0.15) is 11.2 Å². The number of nitrogens with zero attached hydrogens (tertiary/aromatic N) is 2. The summed E-state index contributed by atoms with van der Waals surface area (Å²) in [6, 6.07) is 1.14. The molecule has 1 aromatic heterocycles. The van der Waals surface area contributed by atoms with Crippen LogP contribution in [-0.4, -0.2) is 24.0 Å². The van der Waals surface area contributed by atoms with Crippen LogP contribution in [0, 0.1) is 0 Å². The van der Waals surface area contributed by atoms with Gasteiger partial charge in [-0.05, 0) is 22.0 Å². The lowest BCUT2D eigenvalue weighted by Crippen LogP contribution is -2.24. The fourth-order valence-corrected chi connectivity index (χ4v) is 2.45. The molecule has 1 rings (SSSR count). The van der Waals surface area contributed by atoms with Gasteiger partial charge in [0.15, 0.2) is 0 Å². The van der Waals surface area contributed by atoms with Gasteiger partial charge < -0.3 is 4.74 Å². The topological polar surface area (TPSA) is 36.2 Å². The van der Waals surface area contributed by atoms with Crippen LogP contribution in [0.4, 0.5) is 0 Å². The van der Waals surface area contributed by atoms with E-state index in [-0.39, 0.29) is 5.56 Å². The first-order chi connectivity index (χ1) is 7.31. The van der Waals surface area contributed by atoms with Crippen LogP contribution in [0.3, 0.4) is 0 Å². The summed E-state index contributed by atoms with van der Waals surface area (Å²) in [4.78, 5) is 11.4. The first kappa shape index (κ1) is 13.7. The summed E-state index contributed by atoms with van der Waals surface area (Å²) in [5.41, 5.74) is -0.0335. The van der Waals surface area contributed by atoms with E-state index in [1.54, 1.807) is 22.6 Å². The first-order valence-corrected chi connectivity index (χ1v) is 9.81. The summed E-state index contributed by atoms with van der Waals surface area (Å²) in [7, 11) is 0.704. The van der Waals surface area contributed by atoms with Crippen LogP contribution in [0.15, 0.2) is 15.5 Å². The molecule has 0 saturated heterocycles. The molecular weight excluding hydrogens is 288 g/mol. The fraction of sp³-hybridized carbons (Fsp3) is 0.700. The molecule has 1 aromatic rings. The highest BCUT2D eigenvalue weighted by Crippen LogP contribution is 2.08. The maximum absolute atomic E-state index is 11.4. The monoisotopic (exact) mass is 306 g/mol. The normalized spacial score (nSPS) is 12.1. The van der Waals surface area contributed by atoms with Crippen LogP contribution >= 0.6 is 15.9 Å². The number of hydrogen-bond acceptors (Lipinski definition) is 2.